The van der Waals surface area contributed by atoms with Gasteiger partial charge in [0.2, 0.25) is 5.91 Å². The molecule has 1 aromatic carbocycles. The molecule has 1 heterocycles. The van der Waals surface area contributed by atoms with Crippen molar-refractivity contribution in [3.05, 3.63) is 53.4 Å². The number of hydrogen-bond acceptors (Lipinski definition) is 4. The van der Waals surface area contributed by atoms with E-state index in [0.717, 1.165) is 22.7 Å². The van der Waals surface area contributed by atoms with Crippen molar-refractivity contribution in [2.75, 3.05) is 0 Å². The SMILES string of the molecule is Cc1nn(C)c(C)c1/C=C/C(=O)N[C@@H]1CC[C@@H](Oc2ccccc2)[C@@H]1O. The van der Waals surface area contributed by atoms with Crippen LogP contribution in [0.2, 0.25) is 0 Å². The molecule has 0 unspecified atom stereocenters. The Hall–Kier alpha value is -2.60. The largest absolute Gasteiger partial charge is 0.488 e. The minimum absolute atomic E-state index is 0.225. The summed E-state index contributed by atoms with van der Waals surface area (Å²) in [7, 11) is 1.88. The van der Waals surface area contributed by atoms with Gasteiger partial charge < -0.3 is 15.2 Å². The van der Waals surface area contributed by atoms with Crippen LogP contribution in [0.4, 0.5) is 0 Å². The topological polar surface area (TPSA) is 76.4 Å². The summed E-state index contributed by atoms with van der Waals surface area (Å²) in [5, 5.41) is 17.7. The summed E-state index contributed by atoms with van der Waals surface area (Å²) >= 11 is 0. The van der Waals surface area contributed by atoms with E-state index in [1.165, 1.54) is 6.08 Å². The molecule has 138 valence electrons. The third kappa shape index (κ3) is 3.96. The normalized spacial score (nSPS) is 22.7. The van der Waals surface area contributed by atoms with Crippen LogP contribution < -0.4 is 10.1 Å². The molecular formula is C20H25N3O3. The molecular weight excluding hydrogens is 330 g/mol. The molecule has 1 amide bonds. The highest BCUT2D eigenvalue weighted by atomic mass is 16.5. The van der Waals surface area contributed by atoms with Crippen LogP contribution in [0.3, 0.4) is 0 Å². The predicted molar refractivity (Wildman–Crippen MR) is 99.7 cm³/mol. The van der Waals surface area contributed by atoms with E-state index in [2.05, 4.69) is 10.4 Å². The van der Waals surface area contributed by atoms with Gasteiger partial charge in [-0.25, -0.2) is 0 Å². The number of carbonyl (C=O) groups excluding carboxylic acids is 1. The molecule has 0 radical (unpaired) electrons. The Morgan fingerprint density at radius 2 is 2.04 bits per heavy atom. The molecule has 3 atom stereocenters. The van der Waals surface area contributed by atoms with Crippen LogP contribution in [-0.4, -0.2) is 39.0 Å². The predicted octanol–water partition coefficient (Wildman–Crippen LogP) is 2.14. The number of aryl methyl sites for hydroxylation is 2. The van der Waals surface area contributed by atoms with E-state index in [4.69, 9.17) is 4.74 Å². The van der Waals surface area contributed by atoms with Gasteiger partial charge in [0, 0.05) is 24.4 Å². The maximum atomic E-state index is 12.2. The van der Waals surface area contributed by atoms with Gasteiger partial charge in [0.15, 0.2) is 0 Å². The molecule has 6 nitrogen and oxygen atoms in total. The van der Waals surface area contributed by atoms with E-state index in [1.807, 2.05) is 51.2 Å². The number of aliphatic hydroxyl groups excluding tert-OH is 1. The second-order valence-corrected chi connectivity index (χ2v) is 6.69. The van der Waals surface area contributed by atoms with Crippen LogP contribution in [0.1, 0.15) is 29.8 Å². The molecule has 0 bridgehead atoms. The number of hydrogen-bond donors (Lipinski definition) is 2. The van der Waals surface area contributed by atoms with Crippen LogP contribution in [0.25, 0.3) is 6.08 Å². The Bertz CT molecular complexity index is 798. The van der Waals surface area contributed by atoms with E-state index >= 15 is 0 Å². The highest BCUT2D eigenvalue weighted by Crippen LogP contribution is 2.25. The van der Waals surface area contributed by atoms with Crippen molar-refractivity contribution in [2.45, 2.75) is 44.9 Å². The van der Waals surface area contributed by atoms with Crippen LogP contribution in [0.5, 0.6) is 5.75 Å². The van der Waals surface area contributed by atoms with Crippen molar-refractivity contribution >= 4 is 12.0 Å². The molecule has 1 aromatic heterocycles. The summed E-state index contributed by atoms with van der Waals surface area (Å²) in [6, 6.07) is 9.11. The number of aromatic nitrogens is 2. The van der Waals surface area contributed by atoms with Crippen LogP contribution in [-0.2, 0) is 11.8 Å². The highest BCUT2D eigenvalue weighted by Gasteiger charge is 2.36. The second-order valence-electron chi connectivity index (χ2n) is 6.69. The maximum absolute atomic E-state index is 12.2. The number of ether oxygens (including phenoxy) is 1. The maximum Gasteiger partial charge on any atom is 0.244 e. The van der Waals surface area contributed by atoms with Gasteiger partial charge in [0.1, 0.15) is 18.0 Å². The third-order valence-corrected chi connectivity index (χ3v) is 4.88. The number of carbonyl (C=O) groups is 1. The summed E-state index contributed by atoms with van der Waals surface area (Å²) in [5.74, 6) is 0.503. The van der Waals surface area contributed by atoms with Crippen LogP contribution in [0.15, 0.2) is 36.4 Å². The number of aliphatic hydroxyl groups is 1. The first-order chi connectivity index (χ1) is 12.5. The lowest BCUT2D eigenvalue weighted by molar-refractivity contribution is -0.117. The monoisotopic (exact) mass is 355 g/mol. The Labute approximate surface area is 153 Å². The molecule has 26 heavy (non-hydrogen) atoms. The Morgan fingerprint density at radius 3 is 2.69 bits per heavy atom. The van der Waals surface area contributed by atoms with E-state index in [9.17, 15) is 9.90 Å². The second kappa shape index (κ2) is 7.74. The summed E-state index contributed by atoms with van der Waals surface area (Å²) in [6.45, 7) is 3.88. The summed E-state index contributed by atoms with van der Waals surface area (Å²) in [5.41, 5.74) is 2.83. The van der Waals surface area contributed by atoms with E-state index < -0.39 is 6.10 Å². The number of nitrogens with zero attached hydrogens (tertiary/aromatic N) is 2. The Morgan fingerprint density at radius 1 is 1.31 bits per heavy atom. The standard InChI is InChI=1S/C20H25N3O3/c1-13-16(14(2)23(3)22-13)9-12-19(24)21-17-10-11-18(20(17)25)26-15-7-5-4-6-8-15/h4-9,12,17-18,20,25H,10-11H2,1-3H3,(H,21,24)/b12-9+/t17-,18-,20-/m1/s1. The zero-order chi connectivity index (χ0) is 18.7. The van der Waals surface area contributed by atoms with Gasteiger partial charge in [-0.15, -0.1) is 0 Å². The quantitative estimate of drug-likeness (QED) is 0.806. The molecule has 6 heteroatoms. The van der Waals surface area contributed by atoms with Crippen molar-refractivity contribution in [3.8, 4) is 5.75 Å². The molecule has 0 saturated heterocycles. The molecule has 3 rings (SSSR count). The van der Waals surface area contributed by atoms with Gasteiger partial charge in [-0.05, 0) is 44.9 Å². The number of rotatable bonds is 5. The molecule has 1 aliphatic carbocycles. The number of benzene rings is 1. The molecule has 1 aliphatic rings. The zero-order valence-electron chi connectivity index (χ0n) is 15.3. The third-order valence-electron chi connectivity index (χ3n) is 4.88. The van der Waals surface area contributed by atoms with Crippen molar-refractivity contribution in [1.29, 1.82) is 0 Å². The summed E-state index contributed by atoms with van der Waals surface area (Å²) < 4.78 is 7.62. The first kappa shape index (κ1) is 18.2. The van der Waals surface area contributed by atoms with Gasteiger partial charge in [-0.1, -0.05) is 18.2 Å². The van der Waals surface area contributed by atoms with Gasteiger partial charge in [-0.2, -0.15) is 5.10 Å². The van der Waals surface area contributed by atoms with Crippen molar-refractivity contribution < 1.29 is 14.6 Å². The average Bonchev–Trinajstić information content (AvgIpc) is 3.07. The first-order valence-corrected chi connectivity index (χ1v) is 8.84. The highest BCUT2D eigenvalue weighted by molar-refractivity contribution is 5.92. The lowest BCUT2D eigenvalue weighted by Gasteiger charge is -2.21. The van der Waals surface area contributed by atoms with E-state index in [-0.39, 0.29) is 18.1 Å². The Balaban J connectivity index is 1.57. The minimum Gasteiger partial charge on any atom is -0.488 e. The number of nitrogens with one attached hydrogen (secondary N) is 1. The van der Waals surface area contributed by atoms with Crippen LogP contribution >= 0.6 is 0 Å². The fourth-order valence-electron chi connectivity index (χ4n) is 3.33. The minimum atomic E-state index is -0.727. The zero-order valence-corrected chi connectivity index (χ0v) is 15.3. The molecule has 0 spiro atoms. The lowest BCUT2D eigenvalue weighted by Crippen LogP contribution is -2.43. The molecule has 2 aromatic rings. The van der Waals surface area contributed by atoms with Crippen molar-refractivity contribution in [1.82, 2.24) is 15.1 Å². The average molecular weight is 355 g/mol. The fourth-order valence-corrected chi connectivity index (χ4v) is 3.33. The van der Waals surface area contributed by atoms with Crippen LogP contribution in [0, 0.1) is 13.8 Å². The van der Waals surface area contributed by atoms with Gasteiger partial charge in [0.25, 0.3) is 0 Å². The first-order valence-electron chi connectivity index (χ1n) is 8.84. The van der Waals surface area contributed by atoms with Crippen molar-refractivity contribution in [3.63, 3.8) is 0 Å². The smallest absolute Gasteiger partial charge is 0.244 e. The van der Waals surface area contributed by atoms with E-state index in [1.54, 1.807) is 10.8 Å². The molecule has 0 aliphatic heterocycles. The molecule has 2 N–H and O–H groups in total. The fraction of sp³-hybridized carbons (Fsp3) is 0.400. The Kier molecular flexibility index (Phi) is 5.42. The lowest BCUT2D eigenvalue weighted by atomic mass is 10.1. The molecule has 1 fully saturated rings. The van der Waals surface area contributed by atoms with Gasteiger partial charge >= 0.3 is 0 Å². The van der Waals surface area contributed by atoms with Gasteiger partial charge in [-0.3, -0.25) is 9.48 Å². The molecule has 1 saturated carbocycles. The van der Waals surface area contributed by atoms with Gasteiger partial charge in [0.05, 0.1) is 11.7 Å². The van der Waals surface area contributed by atoms with Crippen molar-refractivity contribution in [2.24, 2.45) is 7.05 Å². The van der Waals surface area contributed by atoms with E-state index in [0.29, 0.717) is 12.8 Å². The number of amides is 1. The summed E-state index contributed by atoms with van der Waals surface area (Å²) in [4.78, 5) is 12.2. The summed E-state index contributed by atoms with van der Waals surface area (Å²) in [6.07, 6.45) is 3.61. The number of para-hydroxylation sites is 1.